The van der Waals surface area contributed by atoms with Crippen molar-refractivity contribution in [1.29, 1.82) is 0 Å². The van der Waals surface area contributed by atoms with Gasteiger partial charge in [0.15, 0.2) is 0 Å². The Morgan fingerprint density at radius 1 is 1.15 bits per heavy atom. The fourth-order valence-corrected chi connectivity index (χ4v) is 2.51. The Balaban J connectivity index is 0.00000200. The summed E-state index contributed by atoms with van der Waals surface area (Å²) in [6.45, 7) is 14.4. The first-order valence-electron chi connectivity index (χ1n) is 6.75. The first-order valence-corrected chi connectivity index (χ1v) is 6.75. The van der Waals surface area contributed by atoms with Crippen molar-refractivity contribution < 1.29 is 21.5 Å². The smallest absolute Gasteiger partial charge is 0.244 e. The highest BCUT2D eigenvalue weighted by Crippen LogP contribution is 2.21. The van der Waals surface area contributed by atoms with Gasteiger partial charge in [-0.25, -0.2) is 9.13 Å². The van der Waals surface area contributed by atoms with Gasteiger partial charge in [0.1, 0.15) is 25.5 Å². The third-order valence-corrected chi connectivity index (χ3v) is 3.95. The highest BCUT2D eigenvalue weighted by molar-refractivity contribution is 5.43. The standard InChI is InChI=1S/C17H23N2.BrH/c1-6-7-18-8-9-19(12-18)11-17-15(4)13(2)10-14(3)16(17)5;/h6,8-10,12H,1,7,11H2,2-5H3;1H/q+1;/p-1. The van der Waals surface area contributed by atoms with Crippen molar-refractivity contribution in [2.75, 3.05) is 0 Å². The number of halogens is 1. The second-order valence-electron chi connectivity index (χ2n) is 5.31. The van der Waals surface area contributed by atoms with Crippen LogP contribution in [-0.4, -0.2) is 4.57 Å². The zero-order chi connectivity index (χ0) is 14.0. The highest BCUT2D eigenvalue weighted by Gasteiger charge is 2.12. The van der Waals surface area contributed by atoms with E-state index in [0.717, 1.165) is 13.1 Å². The third kappa shape index (κ3) is 3.40. The number of aryl methyl sites for hydroxylation is 2. The van der Waals surface area contributed by atoms with Crippen LogP contribution in [-0.2, 0) is 13.1 Å². The van der Waals surface area contributed by atoms with Gasteiger partial charge in [-0.2, -0.15) is 0 Å². The van der Waals surface area contributed by atoms with E-state index in [2.05, 4.69) is 68.2 Å². The Kier molecular flexibility index (Phi) is 5.75. The van der Waals surface area contributed by atoms with Crippen molar-refractivity contribution in [3.8, 4) is 0 Å². The molecule has 0 saturated carbocycles. The average Bonchev–Trinajstić information content (AvgIpc) is 2.80. The van der Waals surface area contributed by atoms with Gasteiger partial charge < -0.3 is 17.0 Å². The van der Waals surface area contributed by atoms with Crippen molar-refractivity contribution in [3.05, 3.63) is 65.3 Å². The average molecular weight is 335 g/mol. The molecule has 2 rings (SSSR count). The van der Waals surface area contributed by atoms with Crippen LogP contribution in [0.25, 0.3) is 0 Å². The predicted molar refractivity (Wildman–Crippen MR) is 79.3 cm³/mol. The maximum Gasteiger partial charge on any atom is 0.244 e. The minimum atomic E-state index is 0. The van der Waals surface area contributed by atoms with Crippen LogP contribution in [0.2, 0.25) is 0 Å². The maximum absolute atomic E-state index is 3.77. The summed E-state index contributed by atoms with van der Waals surface area (Å²) in [5, 5.41) is 0. The molecule has 2 aromatic rings. The van der Waals surface area contributed by atoms with Gasteiger partial charge in [0.2, 0.25) is 6.33 Å². The van der Waals surface area contributed by atoms with Crippen LogP contribution in [0.5, 0.6) is 0 Å². The fourth-order valence-electron chi connectivity index (χ4n) is 2.51. The molecule has 0 N–H and O–H groups in total. The summed E-state index contributed by atoms with van der Waals surface area (Å²) in [5.74, 6) is 0. The van der Waals surface area contributed by atoms with Crippen LogP contribution < -0.4 is 21.5 Å². The lowest BCUT2D eigenvalue weighted by Gasteiger charge is -2.13. The molecule has 0 amide bonds. The molecule has 1 aromatic carbocycles. The lowest BCUT2D eigenvalue weighted by atomic mass is 9.94. The van der Waals surface area contributed by atoms with E-state index >= 15 is 0 Å². The highest BCUT2D eigenvalue weighted by atomic mass is 79.9. The van der Waals surface area contributed by atoms with Crippen molar-refractivity contribution in [1.82, 2.24) is 4.57 Å². The number of aromatic nitrogens is 2. The molecule has 0 unspecified atom stereocenters. The largest absolute Gasteiger partial charge is 1.00 e. The van der Waals surface area contributed by atoms with Crippen LogP contribution in [0.3, 0.4) is 0 Å². The van der Waals surface area contributed by atoms with E-state index in [1.165, 1.54) is 27.8 Å². The summed E-state index contributed by atoms with van der Waals surface area (Å²) in [4.78, 5) is 0. The van der Waals surface area contributed by atoms with Crippen molar-refractivity contribution in [3.63, 3.8) is 0 Å². The molecule has 20 heavy (non-hydrogen) atoms. The summed E-state index contributed by atoms with van der Waals surface area (Å²) in [6.07, 6.45) is 8.27. The lowest BCUT2D eigenvalue weighted by Crippen LogP contribution is -3.00. The molecule has 1 heterocycles. The van der Waals surface area contributed by atoms with E-state index in [1.807, 2.05) is 6.08 Å². The molecule has 0 atom stereocenters. The predicted octanol–water partition coefficient (Wildman–Crippen LogP) is 0.248. The quantitative estimate of drug-likeness (QED) is 0.560. The number of hydrogen-bond acceptors (Lipinski definition) is 0. The van der Waals surface area contributed by atoms with E-state index in [4.69, 9.17) is 0 Å². The van der Waals surface area contributed by atoms with E-state index in [-0.39, 0.29) is 17.0 Å². The molecule has 0 aliphatic carbocycles. The van der Waals surface area contributed by atoms with Crippen molar-refractivity contribution >= 4 is 0 Å². The molecule has 0 fully saturated rings. The fraction of sp³-hybridized carbons (Fsp3) is 0.353. The van der Waals surface area contributed by atoms with Crippen LogP contribution in [0.1, 0.15) is 27.8 Å². The number of benzene rings is 1. The zero-order valence-electron chi connectivity index (χ0n) is 12.8. The number of imidazole rings is 1. The number of allylic oxidation sites excluding steroid dienone is 1. The molecule has 3 heteroatoms. The first kappa shape index (κ1) is 16.7. The Morgan fingerprint density at radius 3 is 2.30 bits per heavy atom. The SMILES string of the molecule is C=CCn1cc[n+](Cc2c(C)c(C)cc(C)c2C)c1.[Br-]. The second kappa shape index (κ2) is 6.89. The Morgan fingerprint density at radius 2 is 1.75 bits per heavy atom. The molecule has 0 saturated heterocycles. The van der Waals surface area contributed by atoms with Gasteiger partial charge in [0, 0.05) is 0 Å². The Bertz CT molecular complexity index is 585. The summed E-state index contributed by atoms with van der Waals surface area (Å²) < 4.78 is 4.37. The monoisotopic (exact) mass is 334 g/mol. The molecule has 0 spiro atoms. The van der Waals surface area contributed by atoms with Gasteiger partial charge in [0.25, 0.3) is 0 Å². The molecule has 2 nitrogen and oxygen atoms in total. The van der Waals surface area contributed by atoms with Crippen LogP contribution in [0, 0.1) is 27.7 Å². The first-order chi connectivity index (χ1) is 9.02. The zero-order valence-corrected chi connectivity index (χ0v) is 14.4. The molecule has 0 aliphatic heterocycles. The summed E-state index contributed by atoms with van der Waals surface area (Å²) in [7, 11) is 0. The molecule has 0 aliphatic rings. The number of nitrogens with zero attached hydrogens (tertiary/aromatic N) is 2. The van der Waals surface area contributed by atoms with Gasteiger partial charge in [-0.3, -0.25) is 0 Å². The number of rotatable bonds is 4. The van der Waals surface area contributed by atoms with Gasteiger partial charge in [-0.1, -0.05) is 18.7 Å². The lowest BCUT2D eigenvalue weighted by molar-refractivity contribution is -0.687. The van der Waals surface area contributed by atoms with E-state index in [1.54, 1.807) is 0 Å². The minimum absolute atomic E-state index is 0. The molecule has 108 valence electrons. The summed E-state index contributed by atoms with van der Waals surface area (Å²) in [5.41, 5.74) is 7.02. The topological polar surface area (TPSA) is 8.81 Å². The molecule has 0 bridgehead atoms. The van der Waals surface area contributed by atoms with Crippen molar-refractivity contribution in [2.45, 2.75) is 40.8 Å². The maximum atomic E-state index is 3.77. The van der Waals surface area contributed by atoms with E-state index in [9.17, 15) is 0 Å². The van der Waals surface area contributed by atoms with Gasteiger partial charge in [-0.15, -0.1) is 0 Å². The molecular weight excluding hydrogens is 312 g/mol. The van der Waals surface area contributed by atoms with E-state index < -0.39 is 0 Å². The van der Waals surface area contributed by atoms with Crippen LogP contribution in [0.4, 0.5) is 0 Å². The second-order valence-corrected chi connectivity index (χ2v) is 5.31. The molecule has 1 aromatic heterocycles. The number of hydrogen-bond donors (Lipinski definition) is 0. The Hall–Kier alpha value is -1.35. The minimum Gasteiger partial charge on any atom is -1.00 e. The normalized spacial score (nSPS) is 10.2. The van der Waals surface area contributed by atoms with Gasteiger partial charge >= 0.3 is 0 Å². The molecule has 0 radical (unpaired) electrons. The van der Waals surface area contributed by atoms with Crippen LogP contribution >= 0.6 is 0 Å². The van der Waals surface area contributed by atoms with Crippen molar-refractivity contribution in [2.24, 2.45) is 0 Å². The van der Waals surface area contributed by atoms with Gasteiger partial charge in [0.05, 0.1) is 0 Å². The molecular formula is C17H23BrN2. The Labute approximate surface area is 132 Å². The van der Waals surface area contributed by atoms with E-state index in [0.29, 0.717) is 0 Å². The van der Waals surface area contributed by atoms with Gasteiger partial charge in [-0.05, 0) is 55.5 Å². The summed E-state index contributed by atoms with van der Waals surface area (Å²) in [6, 6.07) is 2.28. The summed E-state index contributed by atoms with van der Waals surface area (Å²) >= 11 is 0. The third-order valence-electron chi connectivity index (χ3n) is 3.95. The van der Waals surface area contributed by atoms with Crippen LogP contribution in [0.15, 0.2) is 37.4 Å².